The topological polar surface area (TPSA) is 58.1 Å². The third kappa shape index (κ3) is 4.67. The van der Waals surface area contributed by atoms with Crippen molar-refractivity contribution in [1.29, 1.82) is 0 Å². The van der Waals surface area contributed by atoms with Crippen LogP contribution in [0.3, 0.4) is 0 Å². The lowest BCUT2D eigenvalue weighted by Gasteiger charge is -2.46. The Kier molecular flexibility index (Phi) is 6.29. The Balaban J connectivity index is 1.28. The molecule has 9 heteroatoms. The van der Waals surface area contributed by atoms with Gasteiger partial charge in [0.05, 0.1) is 28.3 Å². The molecule has 1 N–H and O–H groups in total. The number of likely N-dealkylation sites (tertiary alicyclic amines) is 1. The molecule has 3 aliphatic rings. The van der Waals surface area contributed by atoms with Gasteiger partial charge in [-0.05, 0) is 85.8 Å². The summed E-state index contributed by atoms with van der Waals surface area (Å²) in [5, 5.41) is 3.36. The number of nitrogens with zero attached hydrogens (tertiary/aromatic N) is 3. The molecule has 1 atom stereocenters. The van der Waals surface area contributed by atoms with Gasteiger partial charge < -0.3 is 10.2 Å². The van der Waals surface area contributed by atoms with Gasteiger partial charge >= 0.3 is 6.18 Å². The number of hydrogen-bond donors (Lipinski definition) is 1. The highest BCUT2D eigenvalue weighted by molar-refractivity contribution is 7.99. The summed E-state index contributed by atoms with van der Waals surface area (Å²) in [6, 6.07) is 8.17. The number of hydrogen-bond acceptors (Lipinski definition) is 5. The molecular formula is C28H29F3N4OS. The molecule has 2 saturated heterocycles. The van der Waals surface area contributed by atoms with Crippen LogP contribution in [-0.2, 0) is 4.79 Å². The number of carbonyl (C=O) groups excluding carboxylic acids is 1. The van der Waals surface area contributed by atoms with E-state index in [1.807, 2.05) is 12.1 Å². The average molecular weight is 527 g/mol. The molecule has 3 fully saturated rings. The number of halogens is 3. The molecule has 6 rings (SSSR count). The number of aromatic nitrogens is 2. The summed E-state index contributed by atoms with van der Waals surface area (Å²) < 4.78 is 43.3. The first-order valence-electron chi connectivity index (χ1n) is 12.9. The van der Waals surface area contributed by atoms with Crippen LogP contribution < -0.4 is 5.32 Å². The number of amides is 1. The van der Waals surface area contributed by atoms with Crippen molar-refractivity contribution in [3.8, 4) is 0 Å². The van der Waals surface area contributed by atoms with Gasteiger partial charge in [-0.25, -0.2) is 0 Å². The largest absolute Gasteiger partial charge is 0.413 e. The van der Waals surface area contributed by atoms with Crippen LogP contribution in [0.4, 0.5) is 24.5 Å². The molecular weight excluding hydrogens is 497 g/mol. The van der Waals surface area contributed by atoms with E-state index in [0.29, 0.717) is 37.3 Å². The minimum absolute atomic E-state index is 0.0920. The molecule has 2 aliphatic heterocycles. The predicted molar refractivity (Wildman–Crippen MR) is 140 cm³/mol. The summed E-state index contributed by atoms with van der Waals surface area (Å²) in [6.07, 6.45) is 3.77. The highest BCUT2D eigenvalue weighted by Gasteiger charge is 2.53. The summed E-state index contributed by atoms with van der Waals surface area (Å²) in [4.78, 5) is 23.6. The first-order chi connectivity index (χ1) is 17.9. The maximum absolute atomic E-state index is 14.4. The zero-order valence-electron chi connectivity index (χ0n) is 20.4. The fourth-order valence-electron chi connectivity index (χ4n) is 5.95. The second kappa shape index (κ2) is 9.49. The number of fused-ring (bicyclic) bond motifs is 1. The van der Waals surface area contributed by atoms with Gasteiger partial charge in [-0.3, -0.25) is 14.8 Å². The molecule has 4 heterocycles. The van der Waals surface area contributed by atoms with Gasteiger partial charge in [0.25, 0.3) is 0 Å². The van der Waals surface area contributed by atoms with Crippen LogP contribution in [0.15, 0.2) is 48.8 Å². The standard InChI is InChI=1S/C28H29F3N4OS/c29-28(30,31)25(35-14-2-10-27(26(35)36)11-15-37-16-12-27)19-6-8-20(9-7-19)34-22-17-33-21-3-1-13-32-24(21)23(22)18-4-5-18/h1,3,6-9,13,17-18,25,34H,2,4-5,10-12,14-16H2/t25-/m0/s1. The number of carbonyl (C=O) groups is 1. The van der Waals surface area contributed by atoms with Gasteiger partial charge in [-0.1, -0.05) is 12.1 Å². The quantitative estimate of drug-likeness (QED) is 0.388. The fourth-order valence-corrected chi connectivity index (χ4v) is 7.22. The van der Waals surface area contributed by atoms with Crippen molar-refractivity contribution >= 4 is 40.1 Å². The molecule has 3 aromatic rings. The maximum Gasteiger partial charge on any atom is 0.413 e. The average Bonchev–Trinajstić information content (AvgIpc) is 3.73. The van der Waals surface area contributed by atoms with E-state index in [4.69, 9.17) is 0 Å². The summed E-state index contributed by atoms with van der Waals surface area (Å²) in [5.74, 6) is 1.75. The highest BCUT2D eigenvalue weighted by atomic mass is 32.2. The SMILES string of the molecule is O=C1N([C@@H](c2ccc(Nc3cnc4cccnc4c3C3CC3)cc2)C(F)(F)F)CCCC12CCSCC2. The number of thioether (sulfide) groups is 1. The van der Waals surface area contributed by atoms with Gasteiger partial charge in [0.15, 0.2) is 6.04 Å². The predicted octanol–water partition coefficient (Wildman–Crippen LogP) is 6.99. The lowest BCUT2D eigenvalue weighted by molar-refractivity contribution is -0.200. The number of piperidine rings is 1. The third-order valence-electron chi connectivity index (χ3n) is 8.00. The van der Waals surface area contributed by atoms with Gasteiger partial charge in [0.1, 0.15) is 0 Å². The smallest absolute Gasteiger partial charge is 0.354 e. The van der Waals surface area contributed by atoms with Crippen LogP contribution in [-0.4, -0.2) is 45.0 Å². The normalized spacial score (nSPS) is 20.8. The molecule has 1 aromatic carbocycles. The number of pyridine rings is 2. The van der Waals surface area contributed by atoms with E-state index in [2.05, 4.69) is 15.3 Å². The summed E-state index contributed by atoms with van der Waals surface area (Å²) >= 11 is 1.78. The first kappa shape index (κ1) is 24.5. The van der Waals surface area contributed by atoms with E-state index in [1.54, 1.807) is 36.3 Å². The number of anilines is 2. The Morgan fingerprint density at radius 1 is 1.05 bits per heavy atom. The summed E-state index contributed by atoms with van der Waals surface area (Å²) in [5.41, 5.74) is 3.77. The van der Waals surface area contributed by atoms with E-state index in [-0.39, 0.29) is 18.0 Å². The van der Waals surface area contributed by atoms with Crippen molar-refractivity contribution in [1.82, 2.24) is 14.9 Å². The molecule has 37 heavy (non-hydrogen) atoms. The molecule has 5 nitrogen and oxygen atoms in total. The minimum atomic E-state index is -4.56. The van der Waals surface area contributed by atoms with E-state index in [0.717, 1.165) is 51.5 Å². The highest BCUT2D eigenvalue weighted by Crippen LogP contribution is 2.49. The minimum Gasteiger partial charge on any atom is -0.354 e. The first-order valence-corrected chi connectivity index (χ1v) is 14.1. The Morgan fingerprint density at radius 3 is 2.51 bits per heavy atom. The molecule has 1 amide bonds. The van der Waals surface area contributed by atoms with Gasteiger partial charge in [0.2, 0.25) is 5.91 Å². The molecule has 1 aliphatic carbocycles. The number of benzene rings is 1. The summed E-state index contributed by atoms with van der Waals surface area (Å²) in [7, 11) is 0. The molecule has 194 valence electrons. The van der Waals surface area contributed by atoms with E-state index >= 15 is 0 Å². The fraction of sp³-hybridized carbons (Fsp3) is 0.464. The molecule has 1 saturated carbocycles. The van der Waals surface area contributed by atoms with Crippen LogP contribution in [0.1, 0.15) is 61.6 Å². The molecule has 0 bridgehead atoms. The third-order valence-corrected chi connectivity index (χ3v) is 8.98. The maximum atomic E-state index is 14.4. The van der Waals surface area contributed by atoms with Crippen LogP contribution in [0.5, 0.6) is 0 Å². The van der Waals surface area contributed by atoms with Crippen LogP contribution in [0.25, 0.3) is 11.0 Å². The van der Waals surface area contributed by atoms with Crippen LogP contribution in [0.2, 0.25) is 0 Å². The van der Waals surface area contributed by atoms with Gasteiger partial charge in [-0.15, -0.1) is 0 Å². The summed E-state index contributed by atoms with van der Waals surface area (Å²) in [6.45, 7) is 0.137. The van der Waals surface area contributed by atoms with Crippen molar-refractivity contribution in [3.05, 3.63) is 59.9 Å². The number of alkyl halides is 3. The lowest BCUT2D eigenvalue weighted by atomic mass is 9.73. The molecule has 0 radical (unpaired) electrons. The van der Waals surface area contributed by atoms with Crippen molar-refractivity contribution < 1.29 is 18.0 Å². The second-order valence-electron chi connectivity index (χ2n) is 10.4. The molecule has 2 aromatic heterocycles. The van der Waals surface area contributed by atoms with Gasteiger partial charge in [0, 0.05) is 24.0 Å². The molecule has 1 spiro atoms. The Bertz CT molecular complexity index is 1300. The van der Waals surface area contributed by atoms with Crippen molar-refractivity contribution in [3.63, 3.8) is 0 Å². The van der Waals surface area contributed by atoms with E-state index in [1.165, 1.54) is 12.1 Å². The monoisotopic (exact) mass is 526 g/mol. The zero-order chi connectivity index (χ0) is 25.6. The van der Waals surface area contributed by atoms with Crippen molar-refractivity contribution in [2.75, 3.05) is 23.4 Å². The number of nitrogens with one attached hydrogen (secondary N) is 1. The van der Waals surface area contributed by atoms with Crippen LogP contribution in [0, 0.1) is 5.41 Å². The van der Waals surface area contributed by atoms with Crippen molar-refractivity contribution in [2.24, 2.45) is 5.41 Å². The Labute approximate surface area is 218 Å². The Morgan fingerprint density at radius 2 is 1.81 bits per heavy atom. The van der Waals surface area contributed by atoms with Crippen molar-refractivity contribution in [2.45, 2.75) is 56.7 Å². The van der Waals surface area contributed by atoms with Crippen LogP contribution >= 0.6 is 11.8 Å². The number of rotatable bonds is 5. The van der Waals surface area contributed by atoms with E-state index < -0.39 is 17.6 Å². The zero-order valence-corrected chi connectivity index (χ0v) is 21.2. The van der Waals surface area contributed by atoms with E-state index in [9.17, 15) is 18.0 Å². The molecule has 0 unspecified atom stereocenters. The second-order valence-corrected chi connectivity index (χ2v) is 11.6. The Hall–Kier alpha value is -2.81. The van der Waals surface area contributed by atoms with Gasteiger partial charge in [-0.2, -0.15) is 24.9 Å². The lowest BCUT2D eigenvalue weighted by Crippen LogP contribution is -2.54.